The standard InChI is InChI=1S/C24H36O3/c1-2-3-4-5-6-7-8-9-10-11-12-13-14-21-15-17-22(18-16-21)23(25)19-20-24(26)27/h15-20H,2-14H2,1H3,(H,26,27). The van der Waals surface area contributed by atoms with Crippen LogP contribution in [0.25, 0.3) is 0 Å². The Kier molecular flexibility index (Phi) is 13.0. The van der Waals surface area contributed by atoms with Gasteiger partial charge in [-0.1, -0.05) is 102 Å². The van der Waals surface area contributed by atoms with Crippen molar-refractivity contribution in [3.05, 3.63) is 47.5 Å². The van der Waals surface area contributed by atoms with Crippen LogP contribution in [0, 0.1) is 0 Å². The van der Waals surface area contributed by atoms with Crippen LogP contribution in [0.1, 0.15) is 99.9 Å². The summed E-state index contributed by atoms with van der Waals surface area (Å²) >= 11 is 0. The van der Waals surface area contributed by atoms with Gasteiger partial charge in [0.25, 0.3) is 0 Å². The molecule has 0 spiro atoms. The lowest BCUT2D eigenvalue weighted by Gasteiger charge is -2.04. The summed E-state index contributed by atoms with van der Waals surface area (Å²) in [6, 6.07) is 7.51. The molecule has 0 aromatic heterocycles. The number of hydrogen-bond donors (Lipinski definition) is 1. The highest BCUT2D eigenvalue weighted by atomic mass is 16.4. The lowest BCUT2D eigenvalue weighted by molar-refractivity contribution is -0.131. The summed E-state index contributed by atoms with van der Waals surface area (Å²) in [6.07, 6.45) is 19.2. The Morgan fingerprint density at radius 2 is 1.22 bits per heavy atom. The Hall–Kier alpha value is -1.90. The highest BCUT2D eigenvalue weighted by Gasteiger charge is 2.03. The Balaban J connectivity index is 2.05. The van der Waals surface area contributed by atoms with Crippen LogP contribution in [0.5, 0.6) is 0 Å². The summed E-state index contributed by atoms with van der Waals surface area (Å²) in [5, 5.41) is 8.56. The average Bonchev–Trinajstić information content (AvgIpc) is 2.67. The molecule has 0 aliphatic heterocycles. The average molecular weight is 373 g/mol. The zero-order valence-electron chi connectivity index (χ0n) is 16.9. The van der Waals surface area contributed by atoms with E-state index in [0.29, 0.717) is 5.56 Å². The van der Waals surface area contributed by atoms with Crippen LogP contribution in [0.15, 0.2) is 36.4 Å². The molecule has 0 radical (unpaired) electrons. The number of allylic oxidation sites excluding steroid dienone is 1. The predicted molar refractivity (Wildman–Crippen MR) is 112 cm³/mol. The van der Waals surface area contributed by atoms with E-state index in [2.05, 4.69) is 6.92 Å². The molecule has 0 unspecified atom stereocenters. The quantitative estimate of drug-likeness (QED) is 0.198. The molecule has 1 aromatic rings. The lowest BCUT2D eigenvalue weighted by Crippen LogP contribution is -1.97. The van der Waals surface area contributed by atoms with Crippen LogP contribution in [-0.2, 0) is 11.2 Å². The second-order valence-electron chi connectivity index (χ2n) is 7.37. The van der Waals surface area contributed by atoms with Crippen LogP contribution in [0.4, 0.5) is 0 Å². The molecule has 1 aromatic carbocycles. The number of carbonyl (C=O) groups is 2. The van der Waals surface area contributed by atoms with Gasteiger partial charge < -0.3 is 5.11 Å². The minimum atomic E-state index is -1.10. The van der Waals surface area contributed by atoms with Gasteiger partial charge in [0.05, 0.1) is 0 Å². The summed E-state index contributed by atoms with van der Waals surface area (Å²) in [5.41, 5.74) is 1.77. The number of aryl methyl sites for hydroxylation is 1. The van der Waals surface area contributed by atoms with E-state index < -0.39 is 5.97 Å². The predicted octanol–water partition coefficient (Wildman–Crippen LogP) is 6.75. The smallest absolute Gasteiger partial charge is 0.328 e. The van der Waals surface area contributed by atoms with E-state index in [1.807, 2.05) is 12.1 Å². The summed E-state index contributed by atoms with van der Waals surface area (Å²) in [6.45, 7) is 2.26. The molecule has 27 heavy (non-hydrogen) atoms. The second kappa shape index (κ2) is 15.2. The molecule has 1 N–H and O–H groups in total. The molecule has 0 fully saturated rings. The molecule has 0 saturated carbocycles. The van der Waals surface area contributed by atoms with Crippen molar-refractivity contribution in [3.63, 3.8) is 0 Å². The maximum absolute atomic E-state index is 11.8. The Labute approximate surface area is 164 Å². The largest absolute Gasteiger partial charge is 0.478 e. The number of unbranched alkanes of at least 4 members (excludes halogenated alkanes) is 11. The monoisotopic (exact) mass is 372 g/mol. The third kappa shape index (κ3) is 12.2. The Morgan fingerprint density at radius 1 is 0.741 bits per heavy atom. The van der Waals surface area contributed by atoms with Crippen molar-refractivity contribution >= 4 is 11.8 Å². The number of ketones is 1. The summed E-state index contributed by atoms with van der Waals surface area (Å²) < 4.78 is 0. The van der Waals surface area contributed by atoms with E-state index in [4.69, 9.17) is 5.11 Å². The van der Waals surface area contributed by atoms with Crippen molar-refractivity contribution in [2.75, 3.05) is 0 Å². The maximum Gasteiger partial charge on any atom is 0.328 e. The van der Waals surface area contributed by atoms with Gasteiger partial charge in [0.1, 0.15) is 0 Å². The highest BCUT2D eigenvalue weighted by Crippen LogP contribution is 2.14. The van der Waals surface area contributed by atoms with Crippen LogP contribution in [0.2, 0.25) is 0 Å². The maximum atomic E-state index is 11.8. The van der Waals surface area contributed by atoms with Crippen molar-refractivity contribution in [2.24, 2.45) is 0 Å². The van der Waals surface area contributed by atoms with E-state index >= 15 is 0 Å². The zero-order chi connectivity index (χ0) is 19.7. The van der Waals surface area contributed by atoms with E-state index in [1.54, 1.807) is 12.1 Å². The molecule has 3 heteroatoms. The molecule has 0 saturated heterocycles. The zero-order valence-corrected chi connectivity index (χ0v) is 16.9. The Bertz CT molecular complexity index is 557. The van der Waals surface area contributed by atoms with Crippen LogP contribution in [-0.4, -0.2) is 16.9 Å². The molecule has 0 aliphatic carbocycles. The number of aliphatic carboxylic acids is 1. The molecule has 150 valence electrons. The first-order valence-electron chi connectivity index (χ1n) is 10.7. The van der Waals surface area contributed by atoms with E-state index in [9.17, 15) is 9.59 Å². The highest BCUT2D eigenvalue weighted by molar-refractivity contribution is 6.06. The van der Waals surface area contributed by atoms with Gasteiger partial charge in [-0.25, -0.2) is 4.79 Å². The van der Waals surface area contributed by atoms with Gasteiger partial charge in [-0.15, -0.1) is 0 Å². The SMILES string of the molecule is CCCCCCCCCCCCCCc1ccc(C(=O)C=CC(=O)O)cc1. The van der Waals surface area contributed by atoms with Crippen molar-refractivity contribution < 1.29 is 14.7 Å². The molecule has 3 nitrogen and oxygen atoms in total. The fourth-order valence-corrected chi connectivity index (χ4v) is 3.25. The topological polar surface area (TPSA) is 54.4 Å². The third-order valence-electron chi connectivity index (χ3n) is 4.93. The number of carboxylic acid groups (broad SMARTS) is 1. The molecular weight excluding hydrogens is 336 g/mol. The number of carboxylic acids is 1. The van der Waals surface area contributed by atoms with Gasteiger partial charge in [-0.3, -0.25) is 4.79 Å². The van der Waals surface area contributed by atoms with Crippen molar-refractivity contribution in [1.82, 2.24) is 0 Å². The first-order valence-corrected chi connectivity index (χ1v) is 10.7. The summed E-state index contributed by atoms with van der Waals surface area (Å²) in [4.78, 5) is 22.2. The van der Waals surface area contributed by atoms with Crippen molar-refractivity contribution in [3.8, 4) is 0 Å². The summed E-state index contributed by atoms with van der Waals surface area (Å²) in [7, 11) is 0. The minimum Gasteiger partial charge on any atom is -0.478 e. The molecule has 0 atom stereocenters. The number of hydrogen-bond acceptors (Lipinski definition) is 2. The minimum absolute atomic E-state index is 0.269. The van der Waals surface area contributed by atoms with Gasteiger partial charge in [0.15, 0.2) is 5.78 Å². The molecule has 0 aliphatic rings. The molecular formula is C24H36O3. The number of rotatable bonds is 16. The molecule has 1 rings (SSSR count). The van der Waals surface area contributed by atoms with E-state index in [-0.39, 0.29) is 5.78 Å². The van der Waals surface area contributed by atoms with E-state index in [0.717, 1.165) is 18.6 Å². The normalized spacial score (nSPS) is 11.1. The van der Waals surface area contributed by atoms with Crippen molar-refractivity contribution in [1.29, 1.82) is 0 Å². The number of carbonyl (C=O) groups excluding carboxylic acids is 1. The molecule has 0 bridgehead atoms. The molecule has 0 amide bonds. The van der Waals surface area contributed by atoms with Crippen molar-refractivity contribution in [2.45, 2.75) is 90.4 Å². The fourth-order valence-electron chi connectivity index (χ4n) is 3.25. The second-order valence-corrected chi connectivity index (χ2v) is 7.37. The van der Waals surface area contributed by atoms with Crippen LogP contribution >= 0.6 is 0 Å². The Morgan fingerprint density at radius 3 is 1.70 bits per heavy atom. The van der Waals surface area contributed by atoms with Gasteiger partial charge >= 0.3 is 5.97 Å². The van der Waals surface area contributed by atoms with Gasteiger partial charge in [-0.2, -0.15) is 0 Å². The molecule has 0 heterocycles. The third-order valence-corrected chi connectivity index (χ3v) is 4.93. The lowest BCUT2D eigenvalue weighted by atomic mass is 10.0. The van der Waals surface area contributed by atoms with Crippen LogP contribution in [0.3, 0.4) is 0 Å². The first-order chi connectivity index (χ1) is 13.1. The fraction of sp³-hybridized carbons (Fsp3) is 0.583. The van der Waals surface area contributed by atoms with Gasteiger partial charge in [-0.05, 0) is 24.5 Å². The van der Waals surface area contributed by atoms with Crippen LogP contribution < -0.4 is 0 Å². The first kappa shape index (κ1) is 23.1. The van der Waals surface area contributed by atoms with Gasteiger partial charge in [0.2, 0.25) is 0 Å². The van der Waals surface area contributed by atoms with Gasteiger partial charge in [0, 0.05) is 11.6 Å². The number of benzene rings is 1. The summed E-state index contributed by atoms with van der Waals surface area (Å²) in [5.74, 6) is -1.37. The van der Waals surface area contributed by atoms with E-state index in [1.165, 1.54) is 82.6 Å².